The lowest BCUT2D eigenvalue weighted by Gasteiger charge is -2.48. The Morgan fingerprint density at radius 1 is 0.824 bits per heavy atom. The Kier molecular flexibility index (Phi) is 2.99. The summed E-state index contributed by atoms with van der Waals surface area (Å²) in [6, 6.07) is 0. The van der Waals surface area contributed by atoms with Crippen molar-refractivity contribution in [1.29, 1.82) is 0 Å². The Bertz CT molecular complexity index is 307. The van der Waals surface area contributed by atoms with Crippen molar-refractivity contribution in [2.45, 2.75) is 63.6 Å². The smallest absolute Gasteiger partial charge is 0.180 e. The fraction of sp³-hybridized carbons (Fsp3) is 0.929. The highest BCUT2D eigenvalue weighted by molar-refractivity contribution is 5.86. The highest BCUT2D eigenvalue weighted by atomic mass is 16.7. The van der Waals surface area contributed by atoms with E-state index in [-0.39, 0.29) is 5.41 Å². The van der Waals surface area contributed by atoms with Gasteiger partial charge in [-0.05, 0) is 25.7 Å². The molecule has 2 aliphatic carbocycles. The van der Waals surface area contributed by atoms with Gasteiger partial charge in [0.25, 0.3) is 0 Å². The SMILES string of the molecule is O=C1CCCCC[C@]12CCCCC21OCCO1. The normalized spacial score (nSPS) is 37.5. The van der Waals surface area contributed by atoms with E-state index >= 15 is 0 Å². The molecule has 1 atom stereocenters. The summed E-state index contributed by atoms with van der Waals surface area (Å²) >= 11 is 0. The summed E-state index contributed by atoms with van der Waals surface area (Å²) < 4.78 is 11.9. The molecule has 17 heavy (non-hydrogen) atoms. The third-order valence-corrected chi connectivity index (χ3v) is 4.88. The van der Waals surface area contributed by atoms with Crippen molar-refractivity contribution in [3.63, 3.8) is 0 Å². The van der Waals surface area contributed by atoms with Crippen molar-refractivity contribution in [2.75, 3.05) is 13.2 Å². The van der Waals surface area contributed by atoms with Gasteiger partial charge >= 0.3 is 0 Å². The molecule has 3 nitrogen and oxygen atoms in total. The van der Waals surface area contributed by atoms with Crippen LogP contribution in [-0.4, -0.2) is 24.8 Å². The fourth-order valence-corrected chi connectivity index (χ4v) is 4.02. The second-order valence-electron chi connectivity index (χ2n) is 5.72. The lowest BCUT2D eigenvalue weighted by Crippen LogP contribution is -2.55. The predicted molar refractivity (Wildman–Crippen MR) is 63.6 cm³/mol. The quantitative estimate of drug-likeness (QED) is 0.651. The van der Waals surface area contributed by atoms with E-state index in [2.05, 4.69) is 0 Å². The molecule has 0 N–H and O–H groups in total. The van der Waals surface area contributed by atoms with E-state index < -0.39 is 5.79 Å². The minimum Gasteiger partial charge on any atom is -0.346 e. The standard InChI is InChI=1S/C14H22O3/c15-12-6-2-1-3-7-13(12)8-4-5-9-14(13)16-10-11-17-14/h1-11H2/t13-/m0/s1. The Morgan fingerprint density at radius 2 is 1.47 bits per heavy atom. The third-order valence-electron chi connectivity index (χ3n) is 4.88. The van der Waals surface area contributed by atoms with Gasteiger partial charge in [-0.2, -0.15) is 0 Å². The number of carbonyl (C=O) groups excluding carboxylic acids is 1. The van der Waals surface area contributed by atoms with Crippen molar-refractivity contribution in [1.82, 2.24) is 0 Å². The first-order chi connectivity index (χ1) is 8.29. The van der Waals surface area contributed by atoms with Crippen LogP contribution >= 0.6 is 0 Å². The molecule has 3 heteroatoms. The monoisotopic (exact) mass is 238 g/mol. The number of ether oxygens (including phenoxy) is 2. The van der Waals surface area contributed by atoms with Crippen molar-refractivity contribution in [3.05, 3.63) is 0 Å². The largest absolute Gasteiger partial charge is 0.346 e. The number of carbonyl (C=O) groups is 1. The summed E-state index contributed by atoms with van der Waals surface area (Å²) in [4.78, 5) is 12.6. The first kappa shape index (κ1) is 11.7. The number of fused-ring (bicyclic) bond motifs is 1. The summed E-state index contributed by atoms with van der Waals surface area (Å²) in [6.45, 7) is 1.32. The van der Waals surface area contributed by atoms with Gasteiger partial charge < -0.3 is 9.47 Å². The first-order valence-corrected chi connectivity index (χ1v) is 7.10. The van der Waals surface area contributed by atoms with E-state index in [0.717, 1.165) is 51.4 Å². The third kappa shape index (κ3) is 1.66. The average Bonchev–Trinajstić information content (AvgIpc) is 2.73. The maximum absolute atomic E-state index is 12.6. The van der Waals surface area contributed by atoms with E-state index in [1.165, 1.54) is 6.42 Å². The van der Waals surface area contributed by atoms with E-state index in [9.17, 15) is 4.79 Å². The van der Waals surface area contributed by atoms with Gasteiger partial charge in [0.05, 0.1) is 18.6 Å². The molecule has 3 rings (SSSR count). The van der Waals surface area contributed by atoms with Crippen LogP contribution in [0.3, 0.4) is 0 Å². The predicted octanol–water partition coefficient (Wildman–Crippen LogP) is 2.82. The highest BCUT2D eigenvalue weighted by Gasteiger charge is 2.60. The number of Topliss-reactive ketones (excluding diaryl/α,β-unsaturated/α-hetero) is 1. The number of ketones is 1. The molecule has 0 unspecified atom stereocenters. The van der Waals surface area contributed by atoms with Gasteiger partial charge in [-0.3, -0.25) is 4.79 Å². The molecule has 0 aromatic heterocycles. The number of hydrogen-bond donors (Lipinski definition) is 0. The van der Waals surface area contributed by atoms with Crippen molar-refractivity contribution in [3.8, 4) is 0 Å². The molecular weight excluding hydrogens is 216 g/mol. The molecule has 1 heterocycles. The van der Waals surface area contributed by atoms with Gasteiger partial charge in [0.2, 0.25) is 0 Å². The van der Waals surface area contributed by atoms with Crippen molar-refractivity contribution < 1.29 is 14.3 Å². The second-order valence-corrected chi connectivity index (χ2v) is 5.72. The second kappa shape index (κ2) is 4.36. The van der Waals surface area contributed by atoms with E-state index in [4.69, 9.17) is 9.47 Å². The summed E-state index contributed by atoms with van der Waals surface area (Å²) in [6.07, 6.45) is 9.28. The minimum atomic E-state index is -0.549. The van der Waals surface area contributed by atoms with Crippen molar-refractivity contribution in [2.24, 2.45) is 5.41 Å². The lowest BCUT2D eigenvalue weighted by atomic mass is 9.64. The van der Waals surface area contributed by atoms with E-state index in [1.54, 1.807) is 0 Å². The zero-order valence-electron chi connectivity index (χ0n) is 10.5. The Morgan fingerprint density at radius 3 is 2.24 bits per heavy atom. The molecule has 0 bridgehead atoms. The van der Waals surface area contributed by atoms with Gasteiger partial charge in [-0.15, -0.1) is 0 Å². The maximum atomic E-state index is 12.6. The van der Waals surface area contributed by atoms with E-state index in [0.29, 0.717) is 19.0 Å². The average molecular weight is 238 g/mol. The topological polar surface area (TPSA) is 35.5 Å². The Balaban J connectivity index is 1.97. The van der Waals surface area contributed by atoms with Gasteiger partial charge in [0.1, 0.15) is 5.78 Å². The molecule has 0 amide bonds. The minimum absolute atomic E-state index is 0.307. The molecule has 3 fully saturated rings. The fourth-order valence-electron chi connectivity index (χ4n) is 4.02. The molecule has 2 saturated carbocycles. The van der Waals surface area contributed by atoms with Gasteiger partial charge in [0.15, 0.2) is 5.79 Å². The van der Waals surface area contributed by atoms with Crippen LogP contribution in [-0.2, 0) is 14.3 Å². The Hall–Kier alpha value is -0.410. The van der Waals surface area contributed by atoms with Crippen LogP contribution in [0.25, 0.3) is 0 Å². The van der Waals surface area contributed by atoms with Crippen LogP contribution in [0.4, 0.5) is 0 Å². The summed E-state index contributed by atoms with van der Waals surface area (Å²) in [5.74, 6) is -0.135. The highest BCUT2D eigenvalue weighted by Crippen LogP contribution is 2.54. The molecular formula is C14H22O3. The van der Waals surface area contributed by atoms with Crippen LogP contribution in [0, 0.1) is 5.41 Å². The molecule has 1 saturated heterocycles. The number of hydrogen-bond acceptors (Lipinski definition) is 3. The van der Waals surface area contributed by atoms with Gasteiger partial charge in [-0.25, -0.2) is 0 Å². The Labute approximate surface area is 103 Å². The molecule has 0 aromatic carbocycles. The molecule has 1 aliphatic heterocycles. The molecule has 0 aromatic rings. The summed E-state index contributed by atoms with van der Waals surface area (Å²) in [5, 5.41) is 0. The van der Waals surface area contributed by atoms with Gasteiger partial charge in [-0.1, -0.05) is 19.3 Å². The maximum Gasteiger partial charge on any atom is 0.180 e. The first-order valence-electron chi connectivity index (χ1n) is 7.10. The van der Waals surface area contributed by atoms with E-state index in [1.807, 2.05) is 0 Å². The zero-order chi connectivity index (χ0) is 11.8. The van der Waals surface area contributed by atoms with Crippen LogP contribution in [0.2, 0.25) is 0 Å². The number of rotatable bonds is 0. The molecule has 3 aliphatic rings. The van der Waals surface area contributed by atoms with Crippen LogP contribution in [0.1, 0.15) is 57.8 Å². The summed E-state index contributed by atoms with van der Waals surface area (Å²) in [7, 11) is 0. The molecule has 96 valence electrons. The van der Waals surface area contributed by atoms with Crippen LogP contribution in [0.5, 0.6) is 0 Å². The lowest BCUT2D eigenvalue weighted by molar-refractivity contribution is -0.250. The summed E-state index contributed by atoms with van der Waals surface area (Å²) in [5.41, 5.74) is -0.307. The van der Waals surface area contributed by atoms with Crippen molar-refractivity contribution >= 4 is 5.78 Å². The molecule has 2 spiro atoms. The van der Waals surface area contributed by atoms with Gasteiger partial charge in [0, 0.05) is 12.8 Å². The zero-order valence-corrected chi connectivity index (χ0v) is 10.5. The molecule has 0 radical (unpaired) electrons. The van der Waals surface area contributed by atoms with Crippen LogP contribution < -0.4 is 0 Å². The van der Waals surface area contributed by atoms with Crippen LogP contribution in [0.15, 0.2) is 0 Å².